The summed E-state index contributed by atoms with van der Waals surface area (Å²) in [6.07, 6.45) is 0.687. The highest BCUT2D eigenvalue weighted by molar-refractivity contribution is 7.99. The van der Waals surface area contributed by atoms with Crippen molar-refractivity contribution in [1.29, 1.82) is 0 Å². The van der Waals surface area contributed by atoms with E-state index in [1.54, 1.807) is 34.9 Å². The van der Waals surface area contributed by atoms with Gasteiger partial charge < -0.3 is 4.74 Å². The van der Waals surface area contributed by atoms with E-state index in [1.807, 2.05) is 29.5 Å². The van der Waals surface area contributed by atoms with Crippen molar-refractivity contribution in [3.8, 4) is 0 Å². The summed E-state index contributed by atoms with van der Waals surface area (Å²) in [6, 6.07) is 14.2. The van der Waals surface area contributed by atoms with Crippen molar-refractivity contribution in [3.63, 3.8) is 0 Å². The Morgan fingerprint density at radius 2 is 1.90 bits per heavy atom. The van der Waals surface area contributed by atoms with Crippen LogP contribution < -0.4 is 5.56 Å². The molecule has 9 heteroatoms. The quantitative estimate of drug-likeness (QED) is 0.214. The molecule has 4 aromatic rings. The zero-order valence-corrected chi connectivity index (χ0v) is 18.5. The Balaban J connectivity index is 1.68. The van der Waals surface area contributed by atoms with Gasteiger partial charge in [-0.15, -0.1) is 10.2 Å². The summed E-state index contributed by atoms with van der Waals surface area (Å²) in [5.74, 6) is 0.620. The first-order chi connectivity index (χ1) is 15.1. The Bertz CT molecular complexity index is 1280. The maximum atomic E-state index is 13.1. The van der Waals surface area contributed by atoms with Crippen LogP contribution in [0.1, 0.15) is 23.7 Å². The van der Waals surface area contributed by atoms with E-state index in [0.29, 0.717) is 53.1 Å². The summed E-state index contributed by atoms with van der Waals surface area (Å²) < 4.78 is 8.87. The average Bonchev–Trinajstić information content (AvgIpc) is 3.21. The lowest BCUT2D eigenvalue weighted by Crippen LogP contribution is -2.24. The lowest BCUT2D eigenvalue weighted by Gasteiger charge is -2.11. The maximum Gasteiger partial charge on any atom is 0.262 e. The molecule has 0 aliphatic carbocycles. The highest BCUT2D eigenvalue weighted by Crippen LogP contribution is 2.23. The van der Waals surface area contributed by atoms with Crippen LogP contribution in [0.25, 0.3) is 16.7 Å². The summed E-state index contributed by atoms with van der Waals surface area (Å²) >= 11 is 7.19. The minimum atomic E-state index is -0.110. The molecule has 0 N–H and O–H groups in total. The Kier molecular flexibility index (Phi) is 6.70. The van der Waals surface area contributed by atoms with E-state index in [0.717, 1.165) is 5.52 Å². The lowest BCUT2D eigenvalue weighted by molar-refractivity contribution is 0.102. The van der Waals surface area contributed by atoms with Crippen molar-refractivity contribution in [2.75, 3.05) is 19.0 Å². The number of nitrogens with zero attached hydrogens (tertiary/aromatic N) is 4. The minimum absolute atomic E-state index is 0.0345. The van der Waals surface area contributed by atoms with Crippen LogP contribution in [0.5, 0.6) is 0 Å². The van der Waals surface area contributed by atoms with Gasteiger partial charge in [0, 0.05) is 30.3 Å². The van der Waals surface area contributed by atoms with Gasteiger partial charge in [-0.05, 0) is 49.7 Å². The SMILES string of the molecule is CCOCCCn1c(=O)c2ccccc2n2c(SCC(=O)c3ccc(Cl)cc3)nnc12. The number of para-hydroxylation sites is 1. The summed E-state index contributed by atoms with van der Waals surface area (Å²) in [5.41, 5.74) is 1.19. The van der Waals surface area contributed by atoms with Gasteiger partial charge in [-0.2, -0.15) is 0 Å². The second kappa shape index (κ2) is 9.64. The molecular weight excluding hydrogens is 436 g/mol. The number of ketones is 1. The van der Waals surface area contributed by atoms with Crippen molar-refractivity contribution < 1.29 is 9.53 Å². The van der Waals surface area contributed by atoms with E-state index in [9.17, 15) is 9.59 Å². The molecule has 0 spiro atoms. The standard InChI is InChI=1S/C22H21ClN4O3S/c1-2-30-13-5-12-26-20(29)17-6-3-4-7-18(17)27-21(26)24-25-22(27)31-14-19(28)15-8-10-16(23)11-9-15/h3-4,6-11H,2,5,12-14H2,1H3. The predicted molar refractivity (Wildman–Crippen MR) is 122 cm³/mol. The number of Topliss-reactive ketones (excluding diaryl/α,β-unsaturated/α-hetero) is 1. The predicted octanol–water partition coefficient (Wildman–Crippen LogP) is 4.10. The Morgan fingerprint density at radius 3 is 2.68 bits per heavy atom. The van der Waals surface area contributed by atoms with Crippen LogP contribution in [0.15, 0.2) is 58.5 Å². The number of fused-ring (bicyclic) bond motifs is 3. The van der Waals surface area contributed by atoms with Crippen molar-refractivity contribution in [1.82, 2.24) is 19.2 Å². The molecule has 0 aliphatic heterocycles. The van der Waals surface area contributed by atoms with Crippen LogP contribution in [-0.2, 0) is 11.3 Å². The highest BCUT2D eigenvalue weighted by Gasteiger charge is 2.18. The van der Waals surface area contributed by atoms with Crippen LogP contribution >= 0.6 is 23.4 Å². The van der Waals surface area contributed by atoms with Gasteiger partial charge in [0.1, 0.15) is 0 Å². The molecule has 0 radical (unpaired) electrons. The molecule has 7 nitrogen and oxygen atoms in total. The summed E-state index contributed by atoms with van der Waals surface area (Å²) in [5, 5.41) is 10.3. The topological polar surface area (TPSA) is 78.5 Å². The minimum Gasteiger partial charge on any atom is -0.382 e. The molecule has 0 unspecified atom stereocenters. The smallest absolute Gasteiger partial charge is 0.262 e. The molecule has 0 atom stereocenters. The first-order valence-electron chi connectivity index (χ1n) is 9.96. The summed E-state index contributed by atoms with van der Waals surface area (Å²) in [4.78, 5) is 25.6. The van der Waals surface area contributed by atoms with E-state index >= 15 is 0 Å². The van der Waals surface area contributed by atoms with Crippen LogP contribution in [0.4, 0.5) is 0 Å². The van der Waals surface area contributed by atoms with Crippen LogP contribution in [0.2, 0.25) is 5.02 Å². The van der Waals surface area contributed by atoms with Gasteiger partial charge in [0.05, 0.1) is 16.7 Å². The first-order valence-corrected chi connectivity index (χ1v) is 11.3. The van der Waals surface area contributed by atoms with E-state index in [2.05, 4.69) is 10.2 Å². The number of carbonyl (C=O) groups is 1. The molecule has 0 amide bonds. The fraction of sp³-hybridized carbons (Fsp3) is 0.273. The molecule has 4 rings (SSSR count). The maximum absolute atomic E-state index is 13.1. The number of thioether (sulfide) groups is 1. The van der Waals surface area contributed by atoms with Gasteiger partial charge in [-0.25, -0.2) is 0 Å². The normalized spacial score (nSPS) is 11.4. The van der Waals surface area contributed by atoms with Crippen molar-refractivity contribution in [3.05, 3.63) is 69.5 Å². The largest absolute Gasteiger partial charge is 0.382 e. The van der Waals surface area contributed by atoms with E-state index in [1.165, 1.54) is 11.8 Å². The van der Waals surface area contributed by atoms with Crippen LogP contribution in [0.3, 0.4) is 0 Å². The molecule has 160 valence electrons. The Morgan fingerprint density at radius 1 is 1.13 bits per heavy atom. The molecule has 2 aromatic heterocycles. The van der Waals surface area contributed by atoms with E-state index in [4.69, 9.17) is 16.3 Å². The molecule has 2 aromatic carbocycles. The third-order valence-electron chi connectivity index (χ3n) is 4.85. The number of aryl methyl sites for hydroxylation is 1. The van der Waals surface area contributed by atoms with E-state index < -0.39 is 0 Å². The average molecular weight is 457 g/mol. The number of hydrogen-bond acceptors (Lipinski definition) is 6. The number of hydrogen-bond donors (Lipinski definition) is 0. The van der Waals surface area contributed by atoms with Crippen molar-refractivity contribution >= 4 is 45.8 Å². The van der Waals surface area contributed by atoms with Gasteiger partial charge in [-0.1, -0.05) is 35.5 Å². The van der Waals surface area contributed by atoms with Crippen LogP contribution in [-0.4, -0.2) is 43.9 Å². The van der Waals surface area contributed by atoms with Gasteiger partial charge in [0.2, 0.25) is 5.78 Å². The van der Waals surface area contributed by atoms with E-state index in [-0.39, 0.29) is 17.1 Å². The summed E-state index contributed by atoms with van der Waals surface area (Å²) in [6.45, 7) is 3.61. The molecule has 2 heterocycles. The molecule has 0 saturated heterocycles. The monoisotopic (exact) mass is 456 g/mol. The second-order valence-corrected chi connectivity index (χ2v) is 8.24. The van der Waals surface area contributed by atoms with Crippen molar-refractivity contribution in [2.45, 2.75) is 25.0 Å². The number of halogens is 1. The highest BCUT2D eigenvalue weighted by atomic mass is 35.5. The molecule has 31 heavy (non-hydrogen) atoms. The van der Waals surface area contributed by atoms with Gasteiger partial charge in [0.15, 0.2) is 10.9 Å². The van der Waals surface area contributed by atoms with Gasteiger partial charge in [0.25, 0.3) is 5.56 Å². The second-order valence-electron chi connectivity index (χ2n) is 6.86. The van der Waals surface area contributed by atoms with Crippen molar-refractivity contribution in [2.24, 2.45) is 0 Å². The Labute approximate surface area is 188 Å². The molecule has 0 aliphatic rings. The molecule has 0 bridgehead atoms. The lowest BCUT2D eigenvalue weighted by atomic mass is 10.1. The number of aromatic nitrogens is 4. The zero-order valence-electron chi connectivity index (χ0n) is 17.0. The first kappa shape index (κ1) is 21.5. The van der Waals surface area contributed by atoms with Gasteiger partial charge in [-0.3, -0.25) is 18.6 Å². The fourth-order valence-electron chi connectivity index (χ4n) is 3.35. The third-order valence-corrected chi connectivity index (χ3v) is 6.03. The summed E-state index contributed by atoms with van der Waals surface area (Å²) in [7, 11) is 0. The molecule has 0 saturated carbocycles. The fourth-order valence-corrected chi connectivity index (χ4v) is 4.31. The number of ether oxygens (including phenoxy) is 1. The Hall–Kier alpha value is -2.68. The third kappa shape index (κ3) is 4.51. The number of rotatable bonds is 9. The number of benzene rings is 2. The molecule has 0 fully saturated rings. The molecular formula is C22H21ClN4O3S. The zero-order chi connectivity index (χ0) is 21.8. The van der Waals surface area contributed by atoms with Gasteiger partial charge >= 0.3 is 0 Å². The van der Waals surface area contributed by atoms with Crippen LogP contribution in [0, 0.1) is 0 Å². The number of carbonyl (C=O) groups excluding carboxylic acids is 1.